The molecule has 1 N–H and O–H groups in total. The molecule has 3 fully saturated rings. The van der Waals surface area contributed by atoms with Crippen LogP contribution < -0.4 is 19.7 Å². The van der Waals surface area contributed by atoms with Crippen molar-refractivity contribution in [2.45, 2.75) is 50.5 Å². The van der Waals surface area contributed by atoms with E-state index in [1.807, 2.05) is 30.3 Å². The summed E-state index contributed by atoms with van der Waals surface area (Å²) >= 11 is 0. The first-order valence-corrected chi connectivity index (χ1v) is 14.4. The highest BCUT2D eigenvalue weighted by Crippen LogP contribution is 2.40. The molecule has 9 nitrogen and oxygen atoms in total. The summed E-state index contributed by atoms with van der Waals surface area (Å²) < 4.78 is 10.7. The third-order valence-corrected chi connectivity index (χ3v) is 8.75. The summed E-state index contributed by atoms with van der Waals surface area (Å²) in [6, 6.07) is 15.0. The summed E-state index contributed by atoms with van der Waals surface area (Å²) in [5.74, 6) is 1.32. The molecular formula is C31H40N4O5. The molecule has 3 amide bonds. The van der Waals surface area contributed by atoms with Gasteiger partial charge in [-0.25, -0.2) is 0 Å². The van der Waals surface area contributed by atoms with Crippen molar-refractivity contribution in [3.05, 3.63) is 54.1 Å². The van der Waals surface area contributed by atoms with E-state index in [1.165, 1.54) is 26.4 Å². The monoisotopic (exact) mass is 548 g/mol. The number of nitrogens with one attached hydrogen (secondary N) is 1. The largest absolute Gasteiger partial charge is 0.497 e. The molecular weight excluding hydrogens is 508 g/mol. The fourth-order valence-corrected chi connectivity index (χ4v) is 6.43. The number of rotatable bonds is 8. The van der Waals surface area contributed by atoms with Gasteiger partial charge in [-0.2, -0.15) is 0 Å². The van der Waals surface area contributed by atoms with Crippen molar-refractivity contribution in [3.63, 3.8) is 0 Å². The number of anilines is 1. The minimum Gasteiger partial charge on any atom is -0.497 e. The van der Waals surface area contributed by atoms with Crippen molar-refractivity contribution in [1.82, 2.24) is 15.1 Å². The Morgan fingerprint density at radius 2 is 1.70 bits per heavy atom. The zero-order valence-corrected chi connectivity index (χ0v) is 23.6. The zero-order valence-electron chi connectivity index (χ0n) is 23.6. The number of likely N-dealkylation sites (tertiary alicyclic amines) is 1. The van der Waals surface area contributed by atoms with Crippen LogP contribution in [-0.4, -0.2) is 80.1 Å². The molecule has 0 unspecified atom stereocenters. The lowest BCUT2D eigenvalue weighted by molar-refractivity contribution is -0.137. The summed E-state index contributed by atoms with van der Waals surface area (Å²) in [6.07, 6.45) is 7.00. The lowest BCUT2D eigenvalue weighted by atomic mass is 9.85. The third-order valence-electron chi connectivity index (χ3n) is 8.75. The summed E-state index contributed by atoms with van der Waals surface area (Å²) in [6.45, 7) is 1.91. The van der Waals surface area contributed by atoms with E-state index in [2.05, 4.69) is 10.2 Å². The number of hydrogen-bond donors (Lipinski definition) is 1. The van der Waals surface area contributed by atoms with Crippen molar-refractivity contribution < 1.29 is 23.9 Å². The zero-order chi connectivity index (χ0) is 28.1. The highest BCUT2D eigenvalue weighted by molar-refractivity contribution is 5.99. The van der Waals surface area contributed by atoms with E-state index in [9.17, 15) is 14.4 Å². The third kappa shape index (κ3) is 5.60. The fourth-order valence-electron chi connectivity index (χ4n) is 6.43. The Morgan fingerprint density at radius 1 is 0.975 bits per heavy atom. The molecule has 0 aromatic heterocycles. The Balaban J connectivity index is 1.29. The predicted octanol–water partition coefficient (Wildman–Crippen LogP) is 3.68. The molecule has 2 saturated heterocycles. The summed E-state index contributed by atoms with van der Waals surface area (Å²) in [5.41, 5.74) is 0.608. The Bertz CT molecular complexity index is 1210. The number of carbonyl (C=O) groups is 3. The molecule has 2 aromatic carbocycles. The average Bonchev–Trinajstić information content (AvgIpc) is 3.26. The van der Waals surface area contributed by atoms with Gasteiger partial charge in [0.25, 0.3) is 11.8 Å². The molecule has 40 heavy (non-hydrogen) atoms. The average molecular weight is 549 g/mol. The maximum Gasteiger partial charge on any atom is 0.257 e. The van der Waals surface area contributed by atoms with Crippen LogP contribution in [0.2, 0.25) is 0 Å². The van der Waals surface area contributed by atoms with Crippen LogP contribution in [0.5, 0.6) is 11.5 Å². The van der Waals surface area contributed by atoms with Crippen molar-refractivity contribution in [3.8, 4) is 11.5 Å². The van der Waals surface area contributed by atoms with E-state index in [4.69, 9.17) is 9.47 Å². The lowest BCUT2D eigenvalue weighted by Crippen LogP contribution is -2.57. The molecule has 5 rings (SSSR count). The lowest BCUT2D eigenvalue weighted by Gasteiger charge is -2.43. The van der Waals surface area contributed by atoms with E-state index in [-0.39, 0.29) is 24.3 Å². The molecule has 0 atom stereocenters. The first-order valence-electron chi connectivity index (χ1n) is 14.4. The molecule has 3 aliphatic rings. The quantitative estimate of drug-likeness (QED) is 0.541. The minimum atomic E-state index is -0.800. The van der Waals surface area contributed by atoms with Gasteiger partial charge in [0.15, 0.2) is 0 Å². The van der Waals surface area contributed by atoms with Crippen LogP contribution in [0.25, 0.3) is 0 Å². The standard InChI is InChI=1S/C31H40N4O5/c1-39-25-13-14-26(27(19-25)40-2)29(37)33-17-15-31(16-18-33)30(38)34(22-35(31)24-11-7-4-8-12-24)21-28(36)32-20-23-9-5-3-6-10-23/h4,7-8,11-14,19,23H,3,5-6,9-10,15-18,20-22H2,1-2H3,(H,32,36). The smallest absolute Gasteiger partial charge is 0.257 e. The van der Waals surface area contributed by atoms with E-state index in [0.717, 1.165) is 18.5 Å². The van der Waals surface area contributed by atoms with Gasteiger partial charge in [-0.05, 0) is 55.9 Å². The van der Waals surface area contributed by atoms with Gasteiger partial charge in [0.1, 0.15) is 23.6 Å². The van der Waals surface area contributed by atoms with Crippen LogP contribution in [0.1, 0.15) is 55.3 Å². The van der Waals surface area contributed by atoms with E-state index >= 15 is 0 Å². The van der Waals surface area contributed by atoms with Crippen molar-refractivity contribution in [2.24, 2.45) is 5.92 Å². The second-order valence-electron chi connectivity index (χ2n) is 11.1. The topological polar surface area (TPSA) is 91.4 Å². The maximum absolute atomic E-state index is 14.0. The van der Waals surface area contributed by atoms with Crippen molar-refractivity contribution in [2.75, 3.05) is 52.0 Å². The van der Waals surface area contributed by atoms with E-state index in [0.29, 0.717) is 62.1 Å². The highest BCUT2D eigenvalue weighted by Gasteiger charge is 2.54. The van der Waals surface area contributed by atoms with Crippen LogP contribution in [0.4, 0.5) is 5.69 Å². The fraction of sp³-hybridized carbons (Fsp3) is 0.516. The van der Waals surface area contributed by atoms with E-state index < -0.39 is 5.54 Å². The van der Waals surface area contributed by atoms with Crippen molar-refractivity contribution in [1.29, 1.82) is 0 Å². The van der Waals surface area contributed by atoms with Gasteiger partial charge in [-0.1, -0.05) is 37.5 Å². The minimum absolute atomic E-state index is 0.0432. The molecule has 0 radical (unpaired) electrons. The number of nitrogens with zero attached hydrogens (tertiary/aromatic N) is 3. The number of ether oxygens (including phenoxy) is 2. The summed E-state index contributed by atoms with van der Waals surface area (Å²) in [7, 11) is 3.10. The molecule has 1 aliphatic carbocycles. The molecule has 9 heteroatoms. The predicted molar refractivity (Wildman–Crippen MR) is 153 cm³/mol. The Hall–Kier alpha value is -3.75. The van der Waals surface area contributed by atoms with Gasteiger partial charge < -0.3 is 29.5 Å². The molecule has 1 saturated carbocycles. The van der Waals surface area contributed by atoms with Gasteiger partial charge in [0.05, 0.1) is 26.5 Å². The molecule has 214 valence electrons. The number of amides is 3. The van der Waals surface area contributed by atoms with Gasteiger partial charge in [-0.3, -0.25) is 14.4 Å². The molecule has 0 bridgehead atoms. The van der Waals surface area contributed by atoms with Gasteiger partial charge >= 0.3 is 0 Å². The van der Waals surface area contributed by atoms with Crippen LogP contribution in [0.15, 0.2) is 48.5 Å². The SMILES string of the molecule is COc1ccc(C(=O)N2CCC3(CC2)C(=O)N(CC(=O)NCC2CCCCC2)CN3c2ccccc2)c(OC)c1. The van der Waals surface area contributed by atoms with Crippen LogP contribution in [0, 0.1) is 5.92 Å². The number of methoxy groups -OCH3 is 2. The van der Waals surface area contributed by atoms with Gasteiger partial charge in [0.2, 0.25) is 5.91 Å². The van der Waals surface area contributed by atoms with Crippen molar-refractivity contribution >= 4 is 23.4 Å². The molecule has 2 aliphatic heterocycles. The van der Waals surface area contributed by atoms with Gasteiger partial charge in [0, 0.05) is 31.4 Å². The van der Waals surface area contributed by atoms with E-state index in [1.54, 1.807) is 35.1 Å². The first kappa shape index (κ1) is 27.8. The second kappa shape index (κ2) is 12.2. The molecule has 2 aromatic rings. The Morgan fingerprint density at radius 3 is 2.38 bits per heavy atom. The number of carbonyl (C=O) groups excluding carboxylic acids is 3. The Kier molecular flexibility index (Phi) is 8.47. The number of benzene rings is 2. The number of para-hydroxylation sites is 1. The number of piperidine rings is 1. The highest BCUT2D eigenvalue weighted by atomic mass is 16.5. The van der Waals surface area contributed by atoms with Crippen LogP contribution >= 0.6 is 0 Å². The van der Waals surface area contributed by atoms with Gasteiger partial charge in [-0.15, -0.1) is 0 Å². The maximum atomic E-state index is 14.0. The number of hydrogen-bond acceptors (Lipinski definition) is 6. The van der Waals surface area contributed by atoms with Crippen LogP contribution in [0.3, 0.4) is 0 Å². The second-order valence-corrected chi connectivity index (χ2v) is 11.1. The molecule has 1 spiro atoms. The summed E-state index contributed by atoms with van der Waals surface area (Å²) in [4.78, 5) is 46.0. The Labute approximate surface area is 236 Å². The molecule has 2 heterocycles. The first-order chi connectivity index (χ1) is 19.4. The summed E-state index contributed by atoms with van der Waals surface area (Å²) in [5, 5.41) is 3.08. The van der Waals surface area contributed by atoms with Crippen LogP contribution in [-0.2, 0) is 9.59 Å². The normalized spacial score (nSPS) is 19.1.